The highest BCUT2D eigenvalue weighted by Gasteiger charge is 2.49. The average Bonchev–Trinajstić information content (AvgIpc) is 3.18. The van der Waals surface area contributed by atoms with Crippen LogP contribution in [0.25, 0.3) is 0 Å². The molecule has 2 aromatic heterocycles. The maximum Gasteiger partial charge on any atom is 0.255 e. The Hall–Kier alpha value is -2.27. The zero-order valence-corrected chi connectivity index (χ0v) is 13.8. The molecule has 5 nitrogen and oxygen atoms in total. The van der Waals surface area contributed by atoms with Crippen LogP contribution in [0.15, 0.2) is 42.7 Å². The van der Waals surface area contributed by atoms with Crippen LogP contribution in [0.4, 0.5) is 0 Å². The Morgan fingerprint density at radius 2 is 2.17 bits per heavy atom. The summed E-state index contributed by atoms with van der Waals surface area (Å²) in [7, 11) is 0. The zero-order valence-electron chi connectivity index (χ0n) is 13.8. The van der Waals surface area contributed by atoms with Crippen molar-refractivity contribution in [3.63, 3.8) is 0 Å². The number of carbonyl (C=O) groups is 1. The van der Waals surface area contributed by atoms with Gasteiger partial charge in [0, 0.05) is 30.6 Å². The van der Waals surface area contributed by atoms with Crippen molar-refractivity contribution in [1.82, 2.24) is 14.9 Å². The SMILES string of the molecule is Cc1ccc(C(=O)N2CC3CCC2C3OCc2ccccn2)cn1. The van der Waals surface area contributed by atoms with Crippen molar-refractivity contribution in [2.45, 2.75) is 38.5 Å². The fourth-order valence-electron chi connectivity index (χ4n) is 3.85. The number of aryl methyl sites for hydroxylation is 1. The summed E-state index contributed by atoms with van der Waals surface area (Å²) in [5.74, 6) is 0.502. The lowest BCUT2D eigenvalue weighted by atomic mass is 10.1. The Morgan fingerprint density at radius 1 is 1.25 bits per heavy atom. The van der Waals surface area contributed by atoms with Crippen molar-refractivity contribution in [1.29, 1.82) is 0 Å². The van der Waals surface area contributed by atoms with Gasteiger partial charge in [-0.1, -0.05) is 6.07 Å². The first-order chi connectivity index (χ1) is 11.7. The molecule has 1 aliphatic carbocycles. The maximum absolute atomic E-state index is 12.8. The van der Waals surface area contributed by atoms with Crippen LogP contribution in [-0.2, 0) is 11.3 Å². The second-order valence-corrected chi connectivity index (χ2v) is 6.65. The summed E-state index contributed by atoms with van der Waals surface area (Å²) in [6, 6.07) is 9.76. The molecule has 2 bridgehead atoms. The molecule has 0 N–H and O–H groups in total. The van der Waals surface area contributed by atoms with Gasteiger partial charge in [-0.25, -0.2) is 0 Å². The summed E-state index contributed by atoms with van der Waals surface area (Å²) >= 11 is 0. The number of pyridine rings is 2. The number of aromatic nitrogens is 2. The van der Waals surface area contributed by atoms with Gasteiger partial charge in [0.05, 0.1) is 30.0 Å². The van der Waals surface area contributed by atoms with Crippen LogP contribution in [0.5, 0.6) is 0 Å². The van der Waals surface area contributed by atoms with Crippen molar-refractivity contribution >= 4 is 5.91 Å². The summed E-state index contributed by atoms with van der Waals surface area (Å²) in [4.78, 5) is 23.3. The van der Waals surface area contributed by atoms with Gasteiger partial charge in [-0.3, -0.25) is 14.8 Å². The van der Waals surface area contributed by atoms with E-state index in [4.69, 9.17) is 4.74 Å². The predicted octanol–water partition coefficient (Wildman–Crippen LogP) is 2.60. The first kappa shape index (κ1) is 15.3. The molecule has 1 saturated carbocycles. The third kappa shape index (κ3) is 2.80. The molecular weight excluding hydrogens is 302 g/mol. The molecule has 3 unspecified atom stereocenters. The summed E-state index contributed by atoms with van der Waals surface area (Å²) in [5, 5.41) is 0. The van der Waals surface area contributed by atoms with Crippen LogP contribution < -0.4 is 0 Å². The van der Waals surface area contributed by atoms with Crippen LogP contribution in [0.3, 0.4) is 0 Å². The second-order valence-electron chi connectivity index (χ2n) is 6.65. The van der Waals surface area contributed by atoms with E-state index in [0.717, 1.165) is 30.8 Å². The second kappa shape index (κ2) is 6.32. The van der Waals surface area contributed by atoms with E-state index in [9.17, 15) is 4.79 Å². The maximum atomic E-state index is 12.8. The van der Waals surface area contributed by atoms with Gasteiger partial charge in [0.15, 0.2) is 0 Å². The van der Waals surface area contributed by atoms with Crippen molar-refractivity contribution in [3.05, 3.63) is 59.7 Å². The molecule has 2 aromatic rings. The van der Waals surface area contributed by atoms with E-state index in [1.54, 1.807) is 12.4 Å². The molecule has 3 heterocycles. The molecule has 0 aromatic carbocycles. The lowest BCUT2D eigenvalue weighted by molar-refractivity contribution is 0.0144. The van der Waals surface area contributed by atoms with E-state index >= 15 is 0 Å². The number of amides is 1. The van der Waals surface area contributed by atoms with E-state index in [1.165, 1.54) is 0 Å². The van der Waals surface area contributed by atoms with Crippen molar-refractivity contribution in [2.24, 2.45) is 5.92 Å². The Morgan fingerprint density at radius 3 is 2.92 bits per heavy atom. The summed E-state index contributed by atoms with van der Waals surface area (Å²) < 4.78 is 6.14. The predicted molar refractivity (Wildman–Crippen MR) is 89.3 cm³/mol. The molecule has 0 spiro atoms. The van der Waals surface area contributed by atoms with E-state index in [-0.39, 0.29) is 18.1 Å². The lowest BCUT2D eigenvalue weighted by Crippen LogP contribution is -2.40. The van der Waals surface area contributed by atoms with Crippen LogP contribution in [0, 0.1) is 12.8 Å². The van der Waals surface area contributed by atoms with Crippen LogP contribution in [0.2, 0.25) is 0 Å². The topological polar surface area (TPSA) is 55.3 Å². The molecule has 124 valence electrons. The van der Waals surface area contributed by atoms with Crippen LogP contribution in [0.1, 0.15) is 34.6 Å². The minimum Gasteiger partial charge on any atom is -0.369 e. The standard InChI is InChI=1S/C19H21N3O2/c1-13-5-6-14(10-21-13)19(23)22-11-15-7-8-17(22)18(15)24-12-16-4-2-3-9-20-16/h2-6,9-10,15,17-18H,7-8,11-12H2,1H3. The van der Waals surface area contributed by atoms with E-state index < -0.39 is 0 Å². The highest BCUT2D eigenvalue weighted by Crippen LogP contribution is 2.40. The Balaban J connectivity index is 1.44. The minimum absolute atomic E-state index is 0.0705. The molecule has 0 radical (unpaired) electrons. The highest BCUT2D eigenvalue weighted by molar-refractivity contribution is 5.94. The molecule has 2 aliphatic rings. The molecule has 1 saturated heterocycles. The Labute approximate surface area is 141 Å². The molecule has 4 rings (SSSR count). The molecule has 2 fully saturated rings. The monoisotopic (exact) mass is 323 g/mol. The third-order valence-corrected chi connectivity index (χ3v) is 5.08. The van der Waals surface area contributed by atoms with Gasteiger partial charge in [-0.05, 0) is 44.0 Å². The van der Waals surface area contributed by atoms with Gasteiger partial charge >= 0.3 is 0 Å². The number of carbonyl (C=O) groups excluding carboxylic acids is 1. The molecule has 5 heteroatoms. The summed E-state index contributed by atoms with van der Waals surface area (Å²) in [6.07, 6.45) is 5.72. The normalized spacial score (nSPS) is 25.2. The molecular formula is C19H21N3O2. The van der Waals surface area contributed by atoms with Gasteiger partial charge < -0.3 is 9.64 Å². The van der Waals surface area contributed by atoms with Crippen LogP contribution >= 0.6 is 0 Å². The number of rotatable bonds is 4. The highest BCUT2D eigenvalue weighted by atomic mass is 16.5. The van der Waals surface area contributed by atoms with Crippen molar-refractivity contribution in [2.75, 3.05) is 6.54 Å². The quantitative estimate of drug-likeness (QED) is 0.868. The van der Waals surface area contributed by atoms with Crippen molar-refractivity contribution < 1.29 is 9.53 Å². The van der Waals surface area contributed by atoms with Gasteiger partial charge in [0.1, 0.15) is 0 Å². The number of nitrogens with zero attached hydrogens (tertiary/aromatic N) is 3. The largest absolute Gasteiger partial charge is 0.369 e. The first-order valence-electron chi connectivity index (χ1n) is 8.47. The Bertz CT molecular complexity index is 717. The van der Waals surface area contributed by atoms with Crippen molar-refractivity contribution in [3.8, 4) is 0 Å². The van der Waals surface area contributed by atoms with Gasteiger partial charge in [0.2, 0.25) is 0 Å². The zero-order chi connectivity index (χ0) is 16.5. The number of piperidine rings is 1. The lowest BCUT2D eigenvalue weighted by Gasteiger charge is -2.27. The van der Waals surface area contributed by atoms with E-state index in [2.05, 4.69) is 9.97 Å². The Kier molecular flexibility index (Phi) is 4.02. The van der Waals surface area contributed by atoms with Gasteiger partial charge in [-0.15, -0.1) is 0 Å². The summed E-state index contributed by atoms with van der Waals surface area (Å²) in [5.41, 5.74) is 2.52. The van der Waals surface area contributed by atoms with Gasteiger partial charge in [0.25, 0.3) is 5.91 Å². The number of hydrogen-bond acceptors (Lipinski definition) is 4. The molecule has 1 aliphatic heterocycles. The van der Waals surface area contributed by atoms with Gasteiger partial charge in [-0.2, -0.15) is 0 Å². The first-order valence-corrected chi connectivity index (χ1v) is 8.47. The minimum atomic E-state index is 0.0705. The van der Waals surface area contributed by atoms with E-state index in [1.807, 2.05) is 42.2 Å². The summed E-state index contributed by atoms with van der Waals surface area (Å²) in [6.45, 7) is 3.21. The fourth-order valence-corrected chi connectivity index (χ4v) is 3.85. The third-order valence-electron chi connectivity index (χ3n) is 5.08. The fraction of sp³-hybridized carbons (Fsp3) is 0.421. The number of ether oxygens (including phenoxy) is 1. The average molecular weight is 323 g/mol. The molecule has 24 heavy (non-hydrogen) atoms. The van der Waals surface area contributed by atoms with Crippen LogP contribution in [-0.4, -0.2) is 39.5 Å². The number of fused-ring (bicyclic) bond motifs is 2. The number of likely N-dealkylation sites (tertiary alicyclic amines) is 1. The molecule has 3 atom stereocenters. The number of hydrogen-bond donors (Lipinski definition) is 0. The molecule has 1 amide bonds. The van der Waals surface area contributed by atoms with E-state index in [0.29, 0.717) is 18.1 Å². The smallest absolute Gasteiger partial charge is 0.255 e.